The standard InChI is InChI=1S/C31H45N3O6S/c1-10-31(6,7)34(28(37)24(17-18-41-9)33-29(38)40-30(3,4)5)26(21-11-16-25(35)20(2)19-21)27(36)32-22-12-14-23(39-8)15-13-22/h11-16,19,24,26,35H,10,17-18H2,1-9H3,(H,32,36)(H,33,38). The summed E-state index contributed by atoms with van der Waals surface area (Å²) in [5.41, 5.74) is 0.0882. The molecule has 2 aromatic carbocycles. The molecule has 226 valence electrons. The van der Waals surface area contributed by atoms with Crippen molar-refractivity contribution in [1.29, 1.82) is 0 Å². The smallest absolute Gasteiger partial charge is 0.408 e. The van der Waals surface area contributed by atoms with Gasteiger partial charge in [-0.25, -0.2) is 4.79 Å². The van der Waals surface area contributed by atoms with Crippen LogP contribution in [0.2, 0.25) is 0 Å². The van der Waals surface area contributed by atoms with Crippen molar-refractivity contribution in [3.05, 3.63) is 53.6 Å². The second-order valence-corrected chi connectivity index (χ2v) is 12.5. The van der Waals surface area contributed by atoms with Crippen LogP contribution >= 0.6 is 11.8 Å². The molecule has 0 heterocycles. The van der Waals surface area contributed by atoms with E-state index in [-0.39, 0.29) is 5.75 Å². The van der Waals surface area contributed by atoms with Gasteiger partial charge in [-0.1, -0.05) is 13.0 Å². The molecule has 0 aliphatic rings. The average Bonchev–Trinajstić information content (AvgIpc) is 2.90. The molecule has 2 aromatic rings. The minimum Gasteiger partial charge on any atom is -0.508 e. The number of alkyl carbamates (subject to hydrolysis) is 1. The predicted octanol–water partition coefficient (Wildman–Crippen LogP) is 6.05. The van der Waals surface area contributed by atoms with Crippen LogP contribution in [-0.4, -0.2) is 64.2 Å². The Morgan fingerprint density at radius 1 is 1.05 bits per heavy atom. The van der Waals surface area contributed by atoms with Crippen molar-refractivity contribution in [2.24, 2.45) is 0 Å². The van der Waals surface area contributed by atoms with Crippen LogP contribution in [0.3, 0.4) is 0 Å². The van der Waals surface area contributed by atoms with Crippen LogP contribution in [0.1, 0.15) is 71.6 Å². The molecule has 10 heteroatoms. The molecule has 0 aliphatic carbocycles. The van der Waals surface area contributed by atoms with Gasteiger partial charge >= 0.3 is 6.09 Å². The second-order valence-electron chi connectivity index (χ2n) is 11.5. The number of phenols is 1. The van der Waals surface area contributed by atoms with Gasteiger partial charge in [-0.05, 0) is 114 Å². The Morgan fingerprint density at radius 3 is 2.20 bits per heavy atom. The first-order valence-corrected chi connectivity index (χ1v) is 15.1. The average molecular weight is 588 g/mol. The summed E-state index contributed by atoms with van der Waals surface area (Å²) in [7, 11) is 1.56. The molecule has 0 aliphatic heterocycles. The molecule has 2 unspecified atom stereocenters. The molecule has 0 bridgehead atoms. The van der Waals surface area contributed by atoms with Crippen LogP contribution in [0.4, 0.5) is 10.5 Å². The van der Waals surface area contributed by atoms with Gasteiger partial charge < -0.3 is 30.1 Å². The molecule has 9 nitrogen and oxygen atoms in total. The van der Waals surface area contributed by atoms with Gasteiger partial charge in [0.1, 0.15) is 29.2 Å². The quantitative estimate of drug-likeness (QED) is 0.277. The van der Waals surface area contributed by atoms with Crippen molar-refractivity contribution in [2.45, 2.75) is 84.5 Å². The highest BCUT2D eigenvalue weighted by Crippen LogP contribution is 2.35. The molecule has 0 spiro atoms. The minimum absolute atomic E-state index is 0.0835. The van der Waals surface area contributed by atoms with Crippen LogP contribution in [0.5, 0.6) is 11.5 Å². The van der Waals surface area contributed by atoms with Gasteiger partial charge in [-0.2, -0.15) is 11.8 Å². The summed E-state index contributed by atoms with van der Waals surface area (Å²) in [5.74, 6) is 0.490. The number of carbonyl (C=O) groups excluding carboxylic acids is 3. The number of aromatic hydroxyl groups is 1. The molecule has 0 radical (unpaired) electrons. The SMILES string of the molecule is CCC(C)(C)N(C(=O)C(CCSC)NC(=O)OC(C)(C)C)C(C(=O)Nc1ccc(OC)cc1)c1ccc(O)c(C)c1. The first-order valence-electron chi connectivity index (χ1n) is 13.7. The van der Waals surface area contributed by atoms with E-state index >= 15 is 0 Å². The predicted molar refractivity (Wildman–Crippen MR) is 165 cm³/mol. The third-order valence-electron chi connectivity index (χ3n) is 6.76. The number of benzene rings is 2. The molecule has 41 heavy (non-hydrogen) atoms. The van der Waals surface area contributed by atoms with Crippen molar-refractivity contribution in [3.63, 3.8) is 0 Å². The number of rotatable bonds is 12. The van der Waals surface area contributed by atoms with E-state index in [0.29, 0.717) is 41.2 Å². The summed E-state index contributed by atoms with van der Waals surface area (Å²) < 4.78 is 10.7. The van der Waals surface area contributed by atoms with Crippen molar-refractivity contribution in [1.82, 2.24) is 10.2 Å². The van der Waals surface area contributed by atoms with Gasteiger partial charge in [0.05, 0.1) is 7.11 Å². The number of hydrogen-bond acceptors (Lipinski definition) is 7. The fourth-order valence-electron chi connectivity index (χ4n) is 4.21. The lowest BCUT2D eigenvalue weighted by atomic mass is 9.91. The number of hydrogen-bond donors (Lipinski definition) is 3. The Hall–Kier alpha value is -3.40. The van der Waals surface area contributed by atoms with Crippen molar-refractivity contribution in [2.75, 3.05) is 24.4 Å². The molecular formula is C31H45N3O6S. The third-order valence-corrected chi connectivity index (χ3v) is 7.40. The number of amides is 3. The fourth-order valence-corrected chi connectivity index (χ4v) is 4.68. The molecule has 2 rings (SSSR count). The van der Waals surface area contributed by atoms with Crippen molar-refractivity contribution in [3.8, 4) is 11.5 Å². The van der Waals surface area contributed by atoms with Gasteiger partial charge in [-0.15, -0.1) is 0 Å². The van der Waals surface area contributed by atoms with E-state index in [2.05, 4.69) is 10.6 Å². The fraction of sp³-hybridized carbons (Fsp3) is 0.516. The Morgan fingerprint density at radius 2 is 1.68 bits per heavy atom. The van der Waals surface area contributed by atoms with Crippen molar-refractivity contribution < 1.29 is 29.0 Å². The monoisotopic (exact) mass is 587 g/mol. The van der Waals surface area contributed by atoms with Crippen LogP contribution in [0.25, 0.3) is 0 Å². The lowest BCUT2D eigenvalue weighted by Gasteiger charge is -2.44. The summed E-state index contributed by atoms with van der Waals surface area (Å²) in [5, 5.41) is 15.9. The molecule has 3 amide bonds. The minimum atomic E-state index is -1.07. The molecular weight excluding hydrogens is 542 g/mol. The van der Waals surface area contributed by atoms with Crippen LogP contribution in [0.15, 0.2) is 42.5 Å². The lowest BCUT2D eigenvalue weighted by molar-refractivity contribution is -0.147. The molecule has 2 atom stereocenters. The summed E-state index contributed by atoms with van der Waals surface area (Å²) in [6, 6.07) is 9.77. The molecule has 0 aromatic heterocycles. The molecule has 0 fully saturated rings. The number of nitrogens with zero attached hydrogens (tertiary/aromatic N) is 1. The van der Waals surface area contributed by atoms with E-state index in [0.717, 1.165) is 0 Å². The van der Waals surface area contributed by atoms with Gasteiger partial charge in [0.2, 0.25) is 5.91 Å². The van der Waals surface area contributed by atoms with Gasteiger partial charge in [0.15, 0.2) is 0 Å². The Labute approximate surface area is 248 Å². The molecule has 3 N–H and O–H groups in total. The summed E-state index contributed by atoms with van der Waals surface area (Å²) >= 11 is 1.55. The Bertz CT molecular complexity index is 1190. The number of aryl methyl sites for hydroxylation is 1. The zero-order valence-corrected chi connectivity index (χ0v) is 26.5. The maximum atomic E-state index is 14.5. The number of phenolic OH excluding ortho intramolecular Hbond substituents is 1. The topological polar surface area (TPSA) is 117 Å². The third kappa shape index (κ3) is 9.59. The maximum absolute atomic E-state index is 14.5. The van der Waals surface area contributed by atoms with Crippen LogP contribution in [-0.2, 0) is 14.3 Å². The number of ether oxygens (including phenoxy) is 2. The van der Waals surface area contributed by atoms with Gasteiger partial charge in [-0.3, -0.25) is 9.59 Å². The van der Waals surface area contributed by atoms with E-state index in [1.54, 1.807) is 87.9 Å². The Kier molecular flexibility index (Phi) is 11.9. The highest BCUT2D eigenvalue weighted by Gasteiger charge is 2.43. The summed E-state index contributed by atoms with van der Waals surface area (Å²) in [6.45, 7) is 12.7. The number of nitrogens with one attached hydrogen (secondary N) is 2. The number of anilines is 1. The van der Waals surface area contributed by atoms with E-state index in [9.17, 15) is 19.5 Å². The van der Waals surface area contributed by atoms with E-state index < -0.39 is 41.1 Å². The number of methoxy groups -OCH3 is 1. The number of carbonyl (C=O) groups is 3. The highest BCUT2D eigenvalue weighted by molar-refractivity contribution is 7.98. The highest BCUT2D eigenvalue weighted by atomic mass is 32.2. The van der Waals surface area contributed by atoms with Gasteiger partial charge in [0, 0.05) is 11.2 Å². The van der Waals surface area contributed by atoms with E-state index in [4.69, 9.17) is 9.47 Å². The lowest BCUT2D eigenvalue weighted by Crippen LogP contribution is -2.59. The molecule has 0 saturated heterocycles. The Balaban J connectivity index is 2.64. The van der Waals surface area contributed by atoms with Gasteiger partial charge in [0.25, 0.3) is 5.91 Å². The zero-order chi connectivity index (χ0) is 31.0. The van der Waals surface area contributed by atoms with Crippen LogP contribution in [0, 0.1) is 6.92 Å². The first kappa shape index (κ1) is 33.8. The van der Waals surface area contributed by atoms with E-state index in [1.165, 1.54) is 6.07 Å². The summed E-state index contributed by atoms with van der Waals surface area (Å²) in [4.78, 5) is 42.9. The van der Waals surface area contributed by atoms with Crippen molar-refractivity contribution >= 4 is 35.4 Å². The first-order chi connectivity index (χ1) is 19.1. The normalized spacial score (nSPS) is 13.1. The number of thioether (sulfide) groups is 1. The summed E-state index contributed by atoms with van der Waals surface area (Å²) in [6.07, 6.45) is 2.10. The zero-order valence-electron chi connectivity index (χ0n) is 25.7. The maximum Gasteiger partial charge on any atom is 0.408 e. The molecule has 0 saturated carbocycles. The van der Waals surface area contributed by atoms with Crippen LogP contribution < -0.4 is 15.4 Å². The second kappa shape index (κ2) is 14.5. The van der Waals surface area contributed by atoms with E-state index in [1.807, 2.05) is 27.0 Å². The largest absolute Gasteiger partial charge is 0.508 e.